The molecule has 3 rings (SSSR count). The van der Waals surface area contributed by atoms with Gasteiger partial charge in [0.05, 0.1) is 0 Å². The number of piperidine rings is 1. The van der Waals surface area contributed by atoms with Crippen LogP contribution in [0.1, 0.15) is 49.0 Å². The van der Waals surface area contributed by atoms with E-state index in [9.17, 15) is 14.4 Å². The Balaban J connectivity index is 1.54. The number of carbonyl (C=O) groups excluding carboxylic acids is 3. The molecule has 2 saturated heterocycles. The van der Waals surface area contributed by atoms with Crippen LogP contribution in [0, 0.1) is 0 Å². The molecular formula is C22H32N4O3. The Labute approximate surface area is 173 Å². The summed E-state index contributed by atoms with van der Waals surface area (Å²) >= 11 is 0. The summed E-state index contributed by atoms with van der Waals surface area (Å²) in [6, 6.07) is 7.01. The van der Waals surface area contributed by atoms with E-state index in [0.717, 1.165) is 44.5 Å². The van der Waals surface area contributed by atoms with Gasteiger partial charge in [-0.2, -0.15) is 0 Å². The van der Waals surface area contributed by atoms with Crippen molar-refractivity contribution in [1.82, 2.24) is 20.0 Å². The Morgan fingerprint density at radius 2 is 1.86 bits per heavy atom. The Bertz CT molecular complexity index is 730. The maximum absolute atomic E-state index is 12.8. The Morgan fingerprint density at radius 3 is 2.55 bits per heavy atom. The summed E-state index contributed by atoms with van der Waals surface area (Å²) < 4.78 is 0. The average Bonchev–Trinajstić information content (AvgIpc) is 2.75. The second kappa shape index (κ2) is 9.87. The van der Waals surface area contributed by atoms with Crippen molar-refractivity contribution >= 4 is 17.7 Å². The number of nitrogens with zero attached hydrogens (tertiary/aromatic N) is 3. The topological polar surface area (TPSA) is 73.0 Å². The van der Waals surface area contributed by atoms with Gasteiger partial charge >= 0.3 is 0 Å². The van der Waals surface area contributed by atoms with Crippen LogP contribution in [0.5, 0.6) is 0 Å². The molecule has 0 aromatic heterocycles. The van der Waals surface area contributed by atoms with Gasteiger partial charge in [-0.1, -0.05) is 26.0 Å². The SMILES string of the molecule is CCN(CC)CCNC(=O)c1ccc(CN2CC(=O)N3CCCCC3C2=O)cc1. The lowest BCUT2D eigenvalue weighted by Gasteiger charge is -2.42. The normalized spacial score (nSPS) is 19.5. The van der Waals surface area contributed by atoms with Gasteiger partial charge < -0.3 is 20.0 Å². The molecule has 0 saturated carbocycles. The highest BCUT2D eigenvalue weighted by Crippen LogP contribution is 2.24. The van der Waals surface area contributed by atoms with Gasteiger partial charge in [-0.25, -0.2) is 0 Å². The van der Waals surface area contributed by atoms with Crippen LogP contribution in [0.15, 0.2) is 24.3 Å². The van der Waals surface area contributed by atoms with Gasteiger partial charge in [0, 0.05) is 31.7 Å². The average molecular weight is 401 g/mol. The molecule has 7 nitrogen and oxygen atoms in total. The standard InChI is InChI=1S/C22H32N4O3/c1-3-24(4-2)14-12-23-21(28)18-10-8-17(9-11-18)15-25-16-20(27)26-13-6-5-7-19(26)22(25)29/h8-11,19H,3-7,12-16H2,1-2H3,(H,23,28). The monoisotopic (exact) mass is 400 g/mol. The Hall–Kier alpha value is -2.41. The van der Waals surface area contributed by atoms with E-state index in [0.29, 0.717) is 25.2 Å². The van der Waals surface area contributed by atoms with E-state index in [1.165, 1.54) is 0 Å². The summed E-state index contributed by atoms with van der Waals surface area (Å²) in [6.07, 6.45) is 2.73. The molecule has 0 bridgehead atoms. The first kappa shape index (κ1) is 21.3. The largest absolute Gasteiger partial charge is 0.351 e. The molecule has 158 valence electrons. The van der Waals surface area contributed by atoms with Crippen LogP contribution in [-0.4, -0.2) is 77.7 Å². The number of likely N-dealkylation sites (N-methyl/N-ethyl adjacent to an activating group) is 1. The molecule has 0 radical (unpaired) electrons. The van der Waals surface area contributed by atoms with E-state index in [1.807, 2.05) is 12.1 Å². The Morgan fingerprint density at radius 1 is 1.14 bits per heavy atom. The lowest BCUT2D eigenvalue weighted by atomic mass is 9.98. The highest BCUT2D eigenvalue weighted by Gasteiger charge is 2.40. The molecule has 2 aliphatic rings. The van der Waals surface area contributed by atoms with Gasteiger partial charge in [0.2, 0.25) is 11.8 Å². The second-order valence-electron chi connectivity index (χ2n) is 7.77. The van der Waals surface area contributed by atoms with Gasteiger partial charge in [-0.3, -0.25) is 14.4 Å². The van der Waals surface area contributed by atoms with Gasteiger partial charge in [0.25, 0.3) is 5.91 Å². The van der Waals surface area contributed by atoms with Crippen LogP contribution >= 0.6 is 0 Å². The van der Waals surface area contributed by atoms with E-state index in [4.69, 9.17) is 0 Å². The minimum absolute atomic E-state index is 0.0403. The van der Waals surface area contributed by atoms with E-state index in [1.54, 1.807) is 21.9 Å². The van der Waals surface area contributed by atoms with Crippen molar-refractivity contribution in [3.63, 3.8) is 0 Å². The first-order valence-electron chi connectivity index (χ1n) is 10.7. The van der Waals surface area contributed by atoms with Crippen LogP contribution in [0.3, 0.4) is 0 Å². The summed E-state index contributed by atoms with van der Waals surface area (Å²) in [5.41, 5.74) is 1.53. The molecule has 1 atom stereocenters. The molecule has 1 aromatic carbocycles. The smallest absolute Gasteiger partial charge is 0.251 e. The van der Waals surface area contributed by atoms with Crippen molar-refractivity contribution in [1.29, 1.82) is 0 Å². The van der Waals surface area contributed by atoms with Crippen molar-refractivity contribution < 1.29 is 14.4 Å². The molecule has 0 spiro atoms. The third kappa shape index (κ3) is 5.15. The predicted molar refractivity (Wildman–Crippen MR) is 111 cm³/mol. The fraction of sp³-hybridized carbons (Fsp3) is 0.591. The molecule has 1 aromatic rings. The summed E-state index contributed by atoms with van der Waals surface area (Å²) in [4.78, 5) is 43.1. The molecule has 3 amide bonds. The van der Waals surface area contributed by atoms with Crippen molar-refractivity contribution in [3.05, 3.63) is 35.4 Å². The number of nitrogens with one attached hydrogen (secondary N) is 1. The third-order valence-corrected chi connectivity index (χ3v) is 5.94. The first-order chi connectivity index (χ1) is 14.0. The zero-order valence-corrected chi connectivity index (χ0v) is 17.5. The number of hydrogen-bond donors (Lipinski definition) is 1. The van der Waals surface area contributed by atoms with Gasteiger partial charge in [-0.15, -0.1) is 0 Å². The van der Waals surface area contributed by atoms with Crippen LogP contribution in [0.4, 0.5) is 0 Å². The molecule has 7 heteroatoms. The second-order valence-corrected chi connectivity index (χ2v) is 7.77. The lowest BCUT2D eigenvalue weighted by molar-refractivity contribution is -0.158. The zero-order chi connectivity index (χ0) is 20.8. The molecule has 1 N–H and O–H groups in total. The Kier molecular flexibility index (Phi) is 7.25. The van der Waals surface area contributed by atoms with E-state index in [-0.39, 0.29) is 30.3 Å². The predicted octanol–water partition coefficient (Wildman–Crippen LogP) is 1.48. The van der Waals surface area contributed by atoms with E-state index in [2.05, 4.69) is 24.1 Å². The number of amides is 3. The van der Waals surface area contributed by atoms with Crippen molar-refractivity contribution in [2.24, 2.45) is 0 Å². The molecular weight excluding hydrogens is 368 g/mol. The molecule has 0 aliphatic carbocycles. The molecule has 2 fully saturated rings. The maximum atomic E-state index is 12.8. The molecule has 1 unspecified atom stereocenters. The first-order valence-corrected chi connectivity index (χ1v) is 10.7. The highest BCUT2D eigenvalue weighted by molar-refractivity contribution is 5.95. The van der Waals surface area contributed by atoms with Gasteiger partial charge in [0.1, 0.15) is 12.6 Å². The van der Waals surface area contributed by atoms with E-state index >= 15 is 0 Å². The van der Waals surface area contributed by atoms with Crippen molar-refractivity contribution in [2.75, 3.05) is 39.3 Å². The number of hydrogen-bond acceptors (Lipinski definition) is 4. The van der Waals surface area contributed by atoms with Crippen LogP contribution in [0.25, 0.3) is 0 Å². The van der Waals surface area contributed by atoms with Crippen LogP contribution in [0.2, 0.25) is 0 Å². The number of fused-ring (bicyclic) bond motifs is 1. The van der Waals surface area contributed by atoms with Crippen molar-refractivity contribution in [3.8, 4) is 0 Å². The number of carbonyl (C=O) groups is 3. The molecule has 2 aliphatic heterocycles. The molecule has 29 heavy (non-hydrogen) atoms. The quantitative estimate of drug-likeness (QED) is 0.717. The summed E-state index contributed by atoms with van der Waals surface area (Å²) in [5.74, 6) is -0.00759. The third-order valence-electron chi connectivity index (χ3n) is 5.94. The minimum Gasteiger partial charge on any atom is -0.351 e. The molecule has 2 heterocycles. The number of rotatable bonds is 8. The van der Waals surface area contributed by atoms with Crippen LogP contribution in [-0.2, 0) is 16.1 Å². The fourth-order valence-corrected chi connectivity index (χ4v) is 4.11. The maximum Gasteiger partial charge on any atom is 0.251 e. The van der Waals surface area contributed by atoms with Gasteiger partial charge in [0.15, 0.2) is 0 Å². The minimum atomic E-state index is -0.291. The summed E-state index contributed by atoms with van der Waals surface area (Å²) in [5, 5.41) is 2.95. The number of piperazine rings is 1. The van der Waals surface area contributed by atoms with E-state index < -0.39 is 0 Å². The summed E-state index contributed by atoms with van der Waals surface area (Å²) in [7, 11) is 0. The van der Waals surface area contributed by atoms with Crippen LogP contribution < -0.4 is 5.32 Å². The highest BCUT2D eigenvalue weighted by atomic mass is 16.2. The van der Waals surface area contributed by atoms with Crippen molar-refractivity contribution in [2.45, 2.75) is 45.7 Å². The zero-order valence-electron chi connectivity index (χ0n) is 17.5. The fourth-order valence-electron chi connectivity index (χ4n) is 4.11. The summed E-state index contributed by atoms with van der Waals surface area (Å²) in [6.45, 7) is 8.84. The number of benzene rings is 1. The van der Waals surface area contributed by atoms with Gasteiger partial charge in [-0.05, 0) is 50.0 Å². The lowest BCUT2D eigenvalue weighted by Crippen LogP contribution is -2.60.